The topological polar surface area (TPSA) is 88.8 Å². The zero-order chi connectivity index (χ0) is 23.1. The number of nitrogens with zero attached hydrogens (tertiary/aromatic N) is 5. The third kappa shape index (κ3) is 4.28. The van der Waals surface area contributed by atoms with Crippen molar-refractivity contribution in [3.63, 3.8) is 0 Å². The molecule has 0 bridgehead atoms. The number of alkyl halides is 3. The quantitative estimate of drug-likeness (QED) is 0.550. The highest BCUT2D eigenvalue weighted by Crippen LogP contribution is 2.42. The van der Waals surface area contributed by atoms with Gasteiger partial charge in [0.25, 0.3) is 0 Å². The van der Waals surface area contributed by atoms with E-state index in [0.717, 1.165) is 23.2 Å². The van der Waals surface area contributed by atoms with E-state index in [1.54, 1.807) is 4.68 Å². The Morgan fingerprint density at radius 1 is 1.34 bits per heavy atom. The summed E-state index contributed by atoms with van der Waals surface area (Å²) in [7, 11) is 0. The summed E-state index contributed by atoms with van der Waals surface area (Å²) in [4.78, 5) is 3.88. The number of hydrogen-bond acceptors (Lipinski definition) is 7. The lowest BCUT2D eigenvalue weighted by Gasteiger charge is -2.45. The molecule has 32 heavy (non-hydrogen) atoms. The van der Waals surface area contributed by atoms with E-state index < -0.39 is 17.2 Å². The van der Waals surface area contributed by atoms with Crippen LogP contribution in [0.1, 0.15) is 60.4 Å². The summed E-state index contributed by atoms with van der Waals surface area (Å²) in [6.07, 6.45) is -2.37. The lowest BCUT2D eigenvalue weighted by Crippen LogP contribution is -2.50. The number of para-hydroxylation sites is 1. The highest BCUT2D eigenvalue weighted by atomic mass is 32.1. The summed E-state index contributed by atoms with van der Waals surface area (Å²) < 4.78 is 41.3. The summed E-state index contributed by atoms with van der Waals surface area (Å²) in [6, 6.07) is 5.17. The van der Waals surface area contributed by atoms with Crippen LogP contribution in [0.3, 0.4) is 0 Å². The summed E-state index contributed by atoms with van der Waals surface area (Å²) >= 11 is 0.558. The number of tetrazole rings is 1. The highest BCUT2D eigenvalue weighted by molar-refractivity contribution is 7.09. The van der Waals surface area contributed by atoms with E-state index in [2.05, 4.69) is 25.8 Å². The molecule has 1 aliphatic rings. The van der Waals surface area contributed by atoms with Gasteiger partial charge in [-0.15, -0.1) is 16.4 Å². The molecule has 0 saturated heterocycles. The highest BCUT2D eigenvalue weighted by Gasteiger charge is 2.42. The number of hydrogen-bond donors (Lipinski definition) is 2. The number of rotatable bonds is 7. The second kappa shape index (κ2) is 8.53. The Kier molecular flexibility index (Phi) is 6.08. The van der Waals surface area contributed by atoms with Crippen LogP contribution in [0.25, 0.3) is 5.69 Å². The number of aliphatic hydroxyl groups is 1. The molecule has 3 aromatic rings. The lowest BCUT2D eigenvalue weighted by molar-refractivity contribution is -0.137. The molecule has 1 saturated carbocycles. The van der Waals surface area contributed by atoms with E-state index in [9.17, 15) is 18.3 Å². The molecule has 7 nitrogen and oxygen atoms in total. The molecule has 11 heteroatoms. The van der Waals surface area contributed by atoms with Crippen molar-refractivity contribution < 1.29 is 18.3 Å². The Hall–Kier alpha value is -2.37. The van der Waals surface area contributed by atoms with Crippen molar-refractivity contribution in [2.75, 3.05) is 6.61 Å². The van der Waals surface area contributed by atoms with Crippen molar-refractivity contribution in [1.82, 2.24) is 30.5 Å². The predicted molar refractivity (Wildman–Crippen MR) is 114 cm³/mol. The molecule has 2 aromatic heterocycles. The summed E-state index contributed by atoms with van der Waals surface area (Å²) in [5, 5.41) is 25.7. The SMILES string of the molecule is CCc1cccc(C)c1-n1nnnc1C(NC1CC(C)(CO)C1)c1csc(C(F)(F)F)n1. The van der Waals surface area contributed by atoms with Crippen LogP contribution in [-0.4, -0.2) is 42.9 Å². The minimum atomic E-state index is -4.52. The van der Waals surface area contributed by atoms with E-state index in [0.29, 0.717) is 30.0 Å². The number of halogens is 3. The van der Waals surface area contributed by atoms with Gasteiger partial charge in [-0.3, -0.25) is 5.32 Å². The van der Waals surface area contributed by atoms with Gasteiger partial charge in [-0.2, -0.15) is 17.9 Å². The Bertz CT molecular complexity index is 1090. The Morgan fingerprint density at radius 2 is 2.09 bits per heavy atom. The molecule has 1 fully saturated rings. The molecular weight excluding hydrogens is 441 g/mol. The fraction of sp³-hybridized carbons (Fsp3) is 0.524. The van der Waals surface area contributed by atoms with Gasteiger partial charge in [0.2, 0.25) is 0 Å². The number of nitrogens with one attached hydrogen (secondary N) is 1. The average molecular weight is 467 g/mol. The van der Waals surface area contributed by atoms with Crippen LogP contribution in [0.4, 0.5) is 13.2 Å². The van der Waals surface area contributed by atoms with E-state index in [1.165, 1.54) is 5.38 Å². The molecular formula is C21H25F3N6OS. The van der Waals surface area contributed by atoms with Gasteiger partial charge in [-0.25, -0.2) is 4.98 Å². The molecule has 0 radical (unpaired) electrons. The van der Waals surface area contributed by atoms with Crippen molar-refractivity contribution >= 4 is 11.3 Å². The molecule has 0 spiro atoms. The second-order valence-electron chi connectivity index (χ2n) is 8.63. The molecule has 1 unspecified atom stereocenters. The summed E-state index contributed by atoms with van der Waals surface area (Å²) in [5.41, 5.74) is 2.84. The van der Waals surface area contributed by atoms with Crippen LogP contribution >= 0.6 is 11.3 Å². The van der Waals surface area contributed by atoms with Crippen LogP contribution in [0.15, 0.2) is 23.6 Å². The first kappa shape index (κ1) is 22.8. The van der Waals surface area contributed by atoms with Gasteiger partial charge in [0.1, 0.15) is 6.04 Å². The van der Waals surface area contributed by atoms with Gasteiger partial charge in [-0.05, 0) is 53.2 Å². The normalized spacial score (nSPS) is 22.0. The summed E-state index contributed by atoms with van der Waals surface area (Å²) in [6.45, 7) is 6.02. The predicted octanol–water partition coefficient (Wildman–Crippen LogP) is 3.85. The first-order valence-corrected chi connectivity index (χ1v) is 11.3. The zero-order valence-electron chi connectivity index (χ0n) is 18.0. The van der Waals surface area contributed by atoms with Gasteiger partial charge in [0.05, 0.1) is 11.4 Å². The number of thiazole rings is 1. The van der Waals surface area contributed by atoms with Crippen LogP contribution in [0, 0.1) is 12.3 Å². The van der Waals surface area contributed by atoms with Crippen LogP contribution in [0.2, 0.25) is 0 Å². The molecule has 1 aromatic carbocycles. The first-order valence-electron chi connectivity index (χ1n) is 10.4. The third-order valence-corrected chi connectivity index (χ3v) is 6.89. The Balaban J connectivity index is 1.76. The Morgan fingerprint density at radius 3 is 2.72 bits per heavy atom. The summed E-state index contributed by atoms with van der Waals surface area (Å²) in [5.74, 6) is 0.380. The zero-order valence-corrected chi connectivity index (χ0v) is 18.8. The largest absolute Gasteiger partial charge is 0.443 e. The van der Waals surface area contributed by atoms with Crippen molar-refractivity contribution in [3.05, 3.63) is 51.2 Å². The Labute approximate surface area is 187 Å². The maximum Gasteiger partial charge on any atom is 0.443 e. The number of benzene rings is 1. The second-order valence-corrected chi connectivity index (χ2v) is 9.49. The lowest BCUT2D eigenvalue weighted by atomic mass is 9.67. The van der Waals surface area contributed by atoms with Crippen LogP contribution in [-0.2, 0) is 12.6 Å². The molecule has 1 atom stereocenters. The minimum Gasteiger partial charge on any atom is -0.396 e. The fourth-order valence-corrected chi connectivity index (χ4v) is 5.01. The van der Waals surface area contributed by atoms with Gasteiger partial charge in [0.15, 0.2) is 10.8 Å². The molecule has 0 aliphatic heterocycles. The maximum atomic E-state index is 13.2. The van der Waals surface area contributed by atoms with Crippen molar-refractivity contribution in [3.8, 4) is 5.69 Å². The fourth-order valence-electron chi connectivity index (χ4n) is 4.30. The average Bonchev–Trinajstić information content (AvgIpc) is 3.40. The standard InChI is InChI=1S/C21H25F3N6OS/c1-4-13-7-5-6-12(2)17(13)30-18(27-28-29-30)16(25-14-8-20(3,9-14)11-31)15-10-32-19(26-15)21(22,23)24/h5-7,10,14,16,25,31H,4,8-9,11H2,1-3H3. The van der Waals surface area contributed by atoms with E-state index >= 15 is 0 Å². The molecule has 2 N–H and O–H groups in total. The van der Waals surface area contributed by atoms with Crippen LogP contribution in [0.5, 0.6) is 0 Å². The monoisotopic (exact) mass is 466 g/mol. The molecule has 4 rings (SSSR count). The van der Waals surface area contributed by atoms with Crippen molar-refractivity contribution in [2.45, 2.75) is 58.3 Å². The first-order chi connectivity index (χ1) is 15.1. The van der Waals surface area contributed by atoms with Crippen LogP contribution < -0.4 is 5.32 Å². The minimum absolute atomic E-state index is 0.000789. The maximum absolute atomic E-state index is 13.2. The molecule has 172 valence electrons. The van der Waals surface area contributed by atoms with E-state index in [4.69, 9.17) is 0 Å². The van der Waals surface area contributed by atoms with Crippen molar-refractivity contribution in [2.24, 2.45) is 5.41 Å². The van der Waals surface area contributed by atoms with Gasteiger partial charge in [-0.1, -0.05) is 32.0 Å². The van der Waals surface area contributed by atoms with Gasteiger partial charge in [0, 0.05) is 18.0 Å². The van der Waals surface area contributed by atoms with E-state index in [1.807, 2.05) is 39.0 Å². The number of aromatic nitrogens is 5. The third-order valence-electron chi connectivity index (χ3n) is 5.99. The van der Waals surface area contributed by atoms with Gasteiger partial charge < -0.3 is 5.11 Å². The molecule has 1 aliphatic carbocycles. The van der Waals surface area contributed by atoms with Crippen molar-refractivity contribution in [1.29, 1.82) is 0 Å². The number of aliphatic hydroxyl groups excluding tert-OH is 1. The smallest absolute Gasteiger partial charge is 0.396 e. The van der Waals surface area contributed by atoms with E-state index in [-0.39, 0.29) is 23.8 Å². The number of aryl methyl sites for hydroxylation is 2. The van der Waals surface area contributed by atoms with Gasteiger partial charge >= 0.3 is 6.18 Å². The molecule has 0 amide bonds. The molecule has 2 heterocycles.